The topological polar surface area (TPSA) is 129 Å². The van der Waals surface area contributed by atoms with Crippen LogP contribution < -0.4 is 0 Å². The van der Waals surface area contributed by atoms with Crippen LogP contribution in [0.15, 0.2) is 158 Å². The Bertz CT molecular complexity index is 3790. The molecular formula is C54H26F3N7. The minimum Gasteiger partial charge on any atom is -0.309 e. The van der Waals surface area contributed by atoms with E-state index in [1.165, 1.54) is 18.2 Å². The highest BCUT2D eigenvalue weighted by Gasteiger charge is 2.31. The second kappa shape index (κ2) is 14.9. The van der Waals surface area contributed by atoms with Crippen molar-refractivity contribution in [3.8, 4) is 75.1 Å². The Balaban J connectivity index is 1.26. The molecule has 0 aliphatic heterocycles. The van der Waals surface area contributed by atoms with Crippen LogP contribution in [0, 0.1) is 56.7 Å². The minimum atomic E-state index is -4.63. The normalized spacial score (nSPS) is 11.3. The Kier molecular flexibility index (Phi) is 9.06. The van der Waals surface area contributed by atoms with Crippen molar-refractivity contribution in [1.82, 2.24) is 9.13 Å². The van der Waals surface area contributed by atoms with Gasteiger partial charge in [-0.3, -0.25) is 0 Å². The highest BCUT2D eigenvalue weighted by molar-refractivity contribution is 6.12. The van der Waals surface area contributed by atoms with Gasteiger partial charge in [0.05, 0.1) is 91.1 Å². The summed E-state index contributed by atoms with van der Waals surface area (Å²) in [5.74, 6) is 0. The summed E-state index contributed by atoms with van der Waals surface area (Å²) in [7, 11) is 0. The van der Waals surface area contributed by atoms with E-state index in [1.807, 2.05) is 94.1 Å². The molecule has 0 fully saturated rings. The van der Waals surface area contributed by atoms with Gasteiger partial charge in [-0.1, -0.05) is 60.7 Å². The number of hydrogen-bond donors (Lipinski definition) is 0. The predicted molar refractivity (Wildman–Crippen MR) is 240 cm³/mol. The number of nitriles is 5. The number of benzene rings is 8. The first kappa shape index (κ1) is 38.8. The quantitative estimate of drug-likeness (QED) is 0.171. The Morgan fingerprint density at radius 2 is 0.828 bits per heavy atom. The second-order valence-electron chi connectivity index (χ2n) is 15.3. The van der Waals surface area contributed by atoms with Crippen molar-refractivity contribution in [2.75, 3.05) is 0 Å². The summed E-state index contributed by atoms with van der Waals surface area (Å²) in [6, 6.07) is 56.4. The van der Waals surface area contributed by atoms with Crippen molar-refractivity contribution >= 4 is 43.6 Å². The van der Waals surface area contributed by atoms with E-state index in [9.17, 15) is 39.5 Å². The molecule has 0 N–H and O–H groups in total. The van der Waals surface area contributed by atoms with Gasteiger partial charge in [0.1, 0.15) is 6.07 Å². The zero-order valence-electron chi connectivity index (χ0n) is 33.3. The van der Waals surface area contributed by atoms with Crippen LogP contribution in [0.25, 0.3) is 88.4 Å². The van der Waals surface area contributed by atoms with E-state index in [1.54, 1.807) is 42.5 Å². The lowest BCUT2D eigenvalue weighted by atomic mass is 9.97. The maximum absolute atomic E-state index is 14.4. The van der Waals surface area contributed by atoms with E-state index in [0.717, 1.165) is 66.9 Å². The number of rotatable bonds is 5. The molecule has 0 saturated carbocycles. The van der Waals surface area contributed by atoms with E-state index in [2.05, 4.69) is 30.3 Å². The zero-order valence-corrected chi connectivity index (χ0v) is 33.3. The molecule has 0 unspecified atom stereocenters. The molecule has 0 atom stereocenters. The summed E-state index contributed by atoms with van der Waals surface area (Å²) in [6.07, 6.45) is -4.63. The number of halogens is 3. The highest BCUT2D eigenvalue weighted by Crippen LogP contribution is 2.43. The monoisotopic (exact) mass is 829 g/mol. The fraction of sp³-hybridized carbons (Fsp3) is 0.0185. The summed E-state index contributed by atoms with van der Waals surface area (Å²) in [5, 5.41) is 53.1. The summed E-state index contributed by atoms with van der Waals surface area (Å²) in [5.41, 5.74) is 8.29. The Labute approximate surface area is 363 Å². The van der Waals surface area contributed by atoms with E-state index in [0.29, 0.717) is 50.3 Å². The first-order valence-corrected chi connectivity index (χ1v) is 19.8. The third-order valence-electron chi connectivity index (χ3n) is 11.6. The molecule has 0 aliphatic rings. The molecule has 10 heteroatoms. The molecule has 0 amide bonds. The van der Waals surface area contributed by atoms with Gasteiger partial charge >= 0.3 is 6.18 Å². The number of alkyl halides is 3. The molecule has 2 heterocycles. The van der Waals surface area contributed by atoms with Gasteiger partial charge in [0.25, 0.3) is 0 Å². The van der Waals surface area contributed by atoms with E-state index < -0.39 is 11.7 Å². The predicted octanol–water partition coefficient (Wildman–Crippen LogP) is 13.3. The van der Waals surface area contributed by atoms with Crippen LogP contribution in [0.3, 0.4) is 0 Å². The van der Waals surface area contributed by atoms with Crippen LogP contribution in [0.2, 0.25) is 0 Å². The van der Waals surface area contributed by atoms with E-state index >= 15 is 0 Å². The van der Waals surface area contributed by atoms with Crippen molar-refractivity contribution in [1.29, 1.82) is 26.3 Å². The molecule has 7 nitrogen and oxygen atoms in total. The van der Waals surface area contributed by atoms with Crippen LogP contribution in [0.4, 0.5) is 13.2 Å². The Morgan fingerprint density at radius 3 is 1.30 bits per heavy atom. The van der Waals surface area contributed by atoms with Crippen LogP contribution in [-0.4, -0.2) is 9.13 Å². The SMILES string of the molecule is N#Cc1cc(C#N)cc(-c2ccc3c(c2)c2ccccc2n3-c2cc(-c3cccc(C(F)(F)F)c3)c(-n3c4ccccc4c4cc(-c5cc(C#N)cc(C#N)c5)ccc43)cc2C#N)c1. The molecule has 64 heavy (non-hydrogen) atoms. The molecule has 0 spiro atoms. The number of fused-ring (bicyclic) bond motifs is 6. The van der Waals surface area contributed by atoms with Gasteiger partial charge in [-0.2, -0.15) is 39.5 Å². The fourth-order valence-corrected chi connectivity index (χ4v) is 8.80. The lowest BCUT2D eigenvalue weighted by Gasteiger charge is -2.19. The van der Waals surface area contributed by atoms with Gasteiger partial charge in [-0.15, -0.1) is 0 Å². The van der Waals surface area contributed by atoms with Crippen molar-refractivity contribution in [2.45, 2.75) is 6.18 Å². The third kappa shape index (κ3) is 6.34. The molecule has 10 rings (SSSR count). The molecule has 0 saturated heterocycles. The highest BCUT2D eigenvalue weighted by atomic mass is 19.4. The number of nitrogens with zero attached hydrogens (tertiary/aromatic N) is 7. The molecule has 2 aromatic heterocycles. The van der Waals surface area contributed by atoms with Crippen molar-refractivity contribution < 1.29 is 13.2 Å². The molecule has 10 aromatic rings. The zero-order chi connectivity index (χ0) is 44.3. The summed E-state index contributed by atoms with van der Waals surface area (Å²) >= 11 is 0. The van der Waals surface area contributed by atoms with Gasteiger partial charge in [0, 0.05) is 27.1 Å². The van der Waals surface area contributed by atoms with Gasteiger partial charge in [0.2, 0.25) is 0 Å². The number of hydrogen-bond acceptors (Lipinski definition) is 5. The lowest BCUT2D eigenvalue weighted by molar-refractivity contribution is -0.137. The minimum absolute atomic E-state index is 0.262. The summed E-state index contributed by atoms with van der Waals surface area (Å²) < 4.78 is 47.2. The molecule has 0 bridgehead atoms. The van der Waals surface area contributed by atoms with E-state index in [4.69, 9.17) is 0 Å². The average Bonchev–Trinajstić information content (AvgIpc) is 3.84. The Hall–Kier alpha value is -9.40. The largest absolute Gasteiger partial charge is 0.416 e. The maximum Gasteiger partial charge on any atom is 0.416 e. The smallest absolute Gasteiger partial charge is 0.309 e. The van der Waals surface area contributed by atoms with Crippen molar-refractivity contribution in [2.24, 2.45) is 0 Å². The van der Waals surface area contributed by atoms with Crippen LogP contribution in [0.5, 0.6) is 0 Å². The number of aromatic nitrogens is 2. The third-order valence-corrected chi connectivity index (χ3v) is 11.6. The van der Waals surface area contributed by atoms with Gasteiger partial charge < -0.3 is 9.13 Å². The number of para-hydroxylation sites is 2. The second-order valence-corrected chi connectivity index (χ2v) is 15.3. The molecule has 0 aliphatic carbocycles. The standard InChI is InChI=1S/C54H26F3N7/c55-54(56,57)42-7-5-6-38(22-42)45-26-52(63-48-10-3-1-8-43(48)46-23-36(12-14-50(46)63)39-18-32(27-58)16-33(19-39)28-59)41(31-62)25-53(45)64-49-11-4-2-9-44(49)47-24-37(13-15-51(47)64)40-20-34(29-60)17-35(21-40)30-61/h1-26H. The first-order chi connectivity index (χ1) is 31.1. The summed E-state index contributed by atoms with van der Waals surface area (Å²) in [6.45, 7) is 0. The molecule has 0 radical (unpaired) electrons. The van der Waals surface area contributed by atoms with Crippen LogP contribution >= 0.6 is 0 Å². The van der Waals surface area contributed by atoms with Gasteiger partial charge in [-0.25, -0.2) is 0 Å². The van der Waals surface area contributed by atoms with E-state index in [-0.39, 0.29) is 11.1 Å². The maximum atomic E-state index is 14.4. The van der Waals surface area contributed by atoms with Crippen LogP contribution in [-0.2, 0) is 6.18 Å². The molecule has 298 valence electrons. The molecular weight excluding hydrogens is 804 g/mol. The molecule has 8 aromatic carbocycles. The summed E-state index contributed by atoms with van der Waals surface area (Å²) in [4.78, 5) is 0. The van der Waals surface area contributed by atoms with Crippen molar-refractivity contribution in [3.05, 3.63) is 191 Å². The van der Waals surface area contributed by atoms with Gasteiger partial charge in [-0.05, 0) is 125 Å². The Morgan fingerprint density at radius 1 is 0.359 bits per heavy atom. The lowest BCUT2D eigenvalue weighted by Crippen LogP contribution is -2.06. The first-order valence-electron chi connectivity index (χ1n) is 19.8. The average molecular weight is 830 g/mol. The van der Waals surface area contributed by atoms with Crippen molar-refractivity contribution in [3.63, 3.8) is 0 Å². The van der Waals surface area contributed by atoms with Crippen LogP contribution in [0.1, 0.15) is 33.4 Å². The fourth-order valence-electron chi connectivity index (χ4n) is 8.80. The van der Waals surface area contributed by atoms with Gasteiger partial charge in [0.15, 0.2) is 0 Å².